The molecule has 2 rings (SSSR count). The molecule has 5 nitrogen and oxygen atoms in total. The number of benzene rings is 2. The van der Waals surface area contributed by atoms with Crippen LogP contribution in [-0.4, -0.2) is 49.5 Å². The summed E-state index contributed by atoms with van der Waals surface area (Å²) in [6.45, 7) is 6.77. The van der Waals surface area contributed by atoms with Crippen LogP contribution in [-0.2, 0) is 22.4 Å². The van der Waals surface area contributed by atoms with E-state index < -0.39 is 23.8 Å². The number of rotatable bonds is 12. The Balaban J connectivity index is 2.08. The van der Waals surface area contributed by atoms with Gasteiger partial charge < -0.3 is 20.5 Å². The Hall–Kier alpha value is -2.35. The molecule has 1 amide bonds. The molecule has 0 aliphatic carbocycles. The number of carbonyl (C=O) groups is 1. The number of aliphatic hydroxyl groups excluding tert-OH is 1. The number of ether oxygens (including phenoxy) is 1. The van der Waals surface area contributed by atoms with Gasteiger partial charge in [-0.15, -0.1) is 0 Å². The molecule has 0 aliphatic heterocycles. The van der Waals surface area contributed by atoms with Crippen molar-refractivity contribution in [2.45, 2.75) is 57.7 Å². The zero-order valence-corrected chi connectivity index (χ0v) is 19.2. The van der Waals surface area contributed by atoms with Gasteiger partial charge in [-0.2, -0.15) is 0 Å². The summed E-state index contributed by atoms with van der Waals surface area (Å²) in [6.07, 6.45) is -0.728. The van der Waals surface area contributed by atoms with Crippen molar-refractivity contribution < 1.29 is 23.4 Å². The first kappa shape index (κ1) is 25.9. The quantitative estimate of drug-likeness (QED) is 0.466. The molecule has 0 heterocycles. The van der Waals surface area contributed by atoms with Crippen molar-refractivity contribution in [2.75, 3.05) is 20.3 Å². The number of amides is 1. The molecule has 0 fully saturated rings. The van der Waals surface area contributed by atoms with E-state index in [1.807, 2.05) is 31.2 Å². The first-order valence-corrected chi connectivity index (χ1v) is 10.9. The van der Waals surface area contributed by atoms with Crippen molar-refractivity contribution in [3.63, 3.8) is 0 Å². The van der Waals surface area contributed by atoms with E-state index in [1.165, 1.54) is 17.7 Å². The number of hydrogen-bond donors (Lipinski definition) is 3. The van der Waals surface area contributed by atoms with Gasteiger partial charge in [-0.25, -0.2) is 8.78 Å². The summed E-state index contributed by atoms with van der Waals surface area (Å²) < 4.78 is 32.4. The van der Waals surface area contributed by atoms with Crippen molar-refractivity contribution in [2.24, 2.45) is 0 Å². The van der Waals surface area contributed by atoms with E-state index in [0.29, 0.717) is 18.1 Å². The maximum absolute atomic E-state index is 13.6. The summed E-state index contributed by atoms with van der Waals surface area (Å²) in [4.78, 5) is 12.7. The van der Waals surface area contributed by atoms with Crippen LogP contribution < -0.4 is 10.6 Å². The van der Waals surface area contributed by atoms with Gasteiger partial charge in [-0.1, -0.05) is 38.1 Å². The summed E-state index contributed by atoms with van der Waals surface area (Å²) in [5.41, 5.74) is 2.40. The fourth-order valence-electron chi connectivity index (χ4n) is 3.50. The molecule has 32 heavy (non-hydrogen) atoms. The normalized spacial score (nSPS) is 14.2. The monoisotopic (exact) mass is 448 g/mol. The standard InChI is InChI=1S/C25H34F2N2O3/c1-16(2)20-7-5-18(6-8-20)12-25(31)29-23(24(30)14-28-17(3)15-32-4)11-19-9-21(26)13-22(27)10-19/h5-10,13,16-17,23-24,28,30H,11-12,14-15H2,1-4H3,(H,29,31)/t17?,23-,24-/m1/s1. The van der Waals surface area contributed by atoms with Gasteiger partial charge in [0.25, 0.3) is 0 Å². The minimum absolute atomic E-state index is 0.00270. The zero-order valence-electron chi connectivity index (χ0n) is 19.2. The molecular formula is C25H34F2N2O3. The van der Waals surface area contributed by atoms with Crippen LogP contribution in [0.5, 0.6) is 0 Å². The zero-order chi connectivity index (χ0) is 23.7. The predicted octanol–water partition coefficient (Wildman–Crippen LogP) is 3.34. The van der Waals surface area contributed by atoms with Gasteiger partial charge in [-0.3, -0.25) is 4.79 Å². The van der Waals surface area contributed by atoms with E-state index in [1.54, 1.807) is 7.11 Å². The van der Waals surface area contributed by atoms with Gasteiger partial charge in [0, 0.05) is 25.8 Å². The second-order valence-electron chi connectivity index (χ2n) is 8.56. The molecule has 7 heteroatoms. The molecule has 1 unspecified atom stereocenters. The third-order valence-electron chi connectivity index (χ3n) is 5.29. The maximum Gasteiger partial charge on any atom is 0.224 e. The molecule has 2 aromatic carbocycles. The van der Waals surface area contributed by atoms with Crippen LogP contribution in [0.3, 0.4) is 0 Å². The molecule has 0 saturated heterocycles. The predicted molar refractivity (Wildman–Crippen MR) is 122 cm³/mol. The molecule has 0 aliphatic rings. The van der Waals surface area contributed by atoms with Crippen LogP contribution in [0.1, 0.15) is 43.4 Å². The number of carbonyl (C=O) groups excluding carboxylic acids is 1. The maximum atomic E-state index is 13.6. The summed E-state index contributed by atoms with van der Waals surface area (Å²) in [5.74, 6) is -1.27. The highest BCUT2D eigenvalue weighted by Crippen LogP contribution is 2.16. The number of aliphatic hydroxyl groups is 1. The number of methoxy groups -OCH3 is 1. The topological polar surface area (TPSA) is 70.6 Å². The molecule has 0 spiro atoms. The summed E-state index contributed by atoms with van der Waals surface area (Å²) in [7, 11) is 1.59. The van der Waals surface area contributed by atoms with Crippen LogP contribution in [0.2, 0.25) is 0 Å². The fourth-order valence-corrected chi connectivity index (χ4v) is 3.50. The van der Waals surface area contributed by atoms with E-state index in [9.17, 15) is 18.7 Å². The second-order valence-corrected chi connectivity index (χ2v) is 8.56. The van der Waals surface area contributed by atoms with Gasteiger partial charge in [0.2, 0.25) is 5.91 Å². The molecule has 3 N–H and O–H groups in total. The van der Waals surface area contributed by atoms with Gasteiger partial charge >= 0.3 is 0 Å². The third kappa shape index (κ3) is 8.65. The molecule has 0 saturated carbocycles. The van der Waals surface area contributed by atoms with E-state index >= 15 is 0 Å². The second kappa shape index (κ2) is 12.6. The fraction of sp³-hybridized carbons (Fsp3) is 0.480. The Labute approximate surface area is 189 Å². The lowest BCUT2D eigenvalue weighted by Crippen LogP contribution is -2.50. The van der Waals surface area contributed by atoms with Crippen LogP contribution in [0.25, 0.3) is 0 Å². The van der Waals surface area contributed by atoms with Crippen LogP contribution in [0.4, 0.5) is 8.78 Å². The molecule has 2 aromatic rings. The van der Waals surface area contributed by atoms with Crippen molar-refractivity contribution >= 4 is 5.91 Å². The highest BCUT2D eigenvalue weighted by atomic mass is 19.1. The van der Waals surface area contributed by atoms with E-state index in [0.717, 1.165) is 11.6 Å². The van der Waals surface area contributed by atoms with Gasteiger partial charge in [-0.05, 0) is 48.1 Å². The van der Waals surface area contributed by atoms with E-state index in [-0.39, 0.29) is 31.3 Å². The number of halogens is 2. The Morgan fingerprint density at radius 1 is 1.03 bits per heavy atom. The van der Waals surface area contributed by atoms with Crippen LogP contribution >= 0.6 is 0 Å². The van der Waals surface area contributed by atoms with Crippen LogP contribution in [0, 0.1) is 11.6 Å². The van der Waals surface area contributed by atoms with Gasteiger partial charge in [0.05, 0.1) is 25.2 Å². The third-order valence-corrected chi connectivity index (χ3v) is 5.29. The molecule has 0 radical (unpaired) electrons. The smallest absolute Gasteiger partial charge is 0.224 e. The molecule has 176 valence electrons. The SMILES string of the molecule is COCC(C)NC[C@@H](O)[C@@H](Cc1cc(F)cc(F)c1)NC(=O)Cc1ccc(C(C)C)cc1. The minimum atomic E-state index is -0.965. The van der Waals surface area contributed by atoms with Gasteiger partial charge in [0.15, 0.2) is 0 Å². The summed E-state index contributed by atoms with van der Waals surface area (Å²) in [6, 6.07) is 10.3. The Kier molecular flexibility index (Phi) is 10.2. The highest BCUT2D eigenvalue weighted by Gasteiger charge is 2.23. The van der Waals surface area contributed by atoms with E-state index in [4.69, 9.17) is 4.74 Å². The van der Waals surface area contributed by atoms with Crippen molar-refractivity contribution in [3.05, 3.63) is 70.8 Å². The average molecular weight is 449 g/mol. The van der Waals surface area contributed by atoms with Gasteiger partial charge in [0.1, 0.15) is 11.6 Å². The molecule has 3 atom stereocenters. The minimum Gasteiger partial charge on any atom is -0.390 e. The highest BCUT2D eigenvalue weighted by molar-refractivity contribution is 5.79. The average Bonchev–Trinajstić information content (AvgIpc) is 2.71. The summed E-state index contributed by atoms with van der Waals surface area (Å²) in [5, 5.41) is 16.7. The largest absolute Gasteiger partial charge is 0.390 e. The van der Waals surface area contributed by atoms with Crippen molar-refractivity contribution in [3.8, 4) is 0 Å². The lowest BCUT2D eigenvalue weighted by molar-refractivity contribution is -0.122. The number of nitrogens with one attached hydrogen (secondary N) is 2. The Morgan fingerprint density at radius 2 is 1.66 bits per heavy atom. The summed E-state index contributed by atoms with van der Waals surface area (Å²) >= 11 is 0. The van der Waals surface area contributed by atoms with E-state index in [2.05, 4.69) is 24.5 Å². The van der Waals surface area contributed by atoms with Crippen molar-refractivity contribution in [1.82, 2.24) is 10.6 Å². The lowest BCUT2D eigenvalue weighted by atomic mass is 9.99. The first-order valence-electron chi connectivity index (χ1n) is 10.9. The first-order chi connectivity index (χ1) is 15.2. The van der Waals surface area contributed by atoms with Crippen molar-refractivity contribution in [1.29, 1.82) is 0 Å². The number of hydrogen-bond acceptors (Lipinski definition) is 4. The molecule has 0 aromatic heterocycles. The Morgan fingerprint density at radius 3 is 2.22 bits per heavy atom. The Bertz CT molecular complexity index is 839. The lowest BCUT2D eigenvalue weighted by Gasteiger charge is -2.26. The molecule has 0 bridgehead atoms. The molecular weight excluding hydrogens is 414 g/mol. The van der Waals surface area contributed by atoms with Crippen LogP contribution in [0.15, 0.2) is 42.5 Å².